The summed E-state index contributed by atoms with van der Waals surface area (Å²) in [5.41, 5.74) is 2.11. The van der Waals surface area contributed by atoms with Gasteiger partial charge in [0.15, 0.2) is 0 Å². The van der Waals surface area contributed by atoms with Crippen LogP contribution in [0.3, 0.4) is 0 Å². The minimum absolute atomic E-state index is 0.260. The maximum Gasteiger partial charge on any atom is 0.128 e. The van der Waals surface area contributed by atoms with Gasteiger partial charge in [-0.3, -0.25) is 0 Å². The molecule has 0 spiro atoms. The van der Waals surface area contributed by atoms with Gasteiger partial charge in [0.05, 0.1) is 23.3 Å². The normalized spacial score (nSPS) is 9.42. The highest BCUT2D eigenvalue weighted by atomic mass is 19.1. The van der Waals surface area contributed by atoms with Crippen molar-refractivity contribution in [2.24, 2.45) is 0 Å². The molecule has 0 fully saturated rings. The van der Waals surface area contributed by atoms with E-state index in [9.17, 15) is 4.39 Å². The molecular weight excluding hydrogens is 241 g/mol. The van der Waals surface area contributed by atoms with Crippen molar-refractivity contribution < 1.29 is 4.39 Å². The quantitative estimate of drug-likeness (QED) is 0.911. The molecule has 4 heteroatoms. The van der Waals surface area contributed by atoms with Crippen LogP contribution in [0.4, 0.5) is 10.1 Å². The summed E-state index contributed by atoms with van der Waals surface area (Å²) in [6.45, 7) is 0.260. The molecule has 0 bridgehead atoms. The van der Waals surface area contributed by atoms with E-state index in [4.69, 9.17) is 10.5 Å². The number of benzene rings is 2. The number of nitrogens with one attached hydrogen (secondary N) is 1. The molecule has 0 aliphatic rings. The fourth-order valence-electron chi connectivity index (χ4n) is 1.68. The predicted octanol–water partition coefficient (Wildman–Crippen LogP) is 3.18. The number of rotatable bonds is 3. The monoisotopic (exact) mass is 251 g/mol. The molecule has 2 rings (SSSR count). The number of nitriles is 2. The smallest absolute Gasteiger partial charge is 0.128 e. The lowest BCUT2D eigenvalue weighted by atomic mass is 10.1. The highest BCUT2D eigenvalue weighted by Gasteiger charge is 2.03. The van der Waals surface area contributed by atoms with Crippen LogP contribution < -0.4 is 5.32 Å². The van der Waals surface area contributed by atoms with Gasteiger partial charge in [0.1, 0.15) is 5.82 Å². The molecule has 0 aromatic heterocycles. The summed E-state index contributed by atoms with van der Waals surface area (Å²) < 4.78 is 13.6. The van der Waals surface area contributed by atoms with Crippen molar-refractivity contribution in [1.82, 2.24) is 0 Å². The second kappa shape index (κ2) is 5.66. The first kappa shape index (κ1) is 12.6. The number of anilines is 1. The Labute approximate surface area is 110 Å². The van der Waals surface area contributed by atoms with E-state index < -0.39 is 0 Å². The molecule has 0 aliphatic carbocycles. The van der Waals surface area contributed by atoms with E-state index in [1.165, 1.54) is 18.2 Å². The lowest BCUT2D eigenvalue weighted by Gasteiger charge is -2.08. The van der Waals surface area contributed by atoms with Gasteiger partial charge in [-0.1, -0.05) is 6.07 Å². The Kier molecular flexibility index (Phi) is 3.75. The van der Waals surface area contributed by atoms with E-state index in [0.29, 0.717) is 16.7 Å². The summed E-state index contributed by atoms with van der Waals surface area (Å²) >= 11 is 0. The zero-order valence-electron chi connectivity index (χ0n) is 10.0. The number of halogens is 1. The molecule has 2 aromatic rings. The Morgan fingerprint density at radius 2 is 1.74 bits per heavy atom. The SMILES string of the molecule is N#Cc1cccc(NCc2cc(C#N)ccc2F)c1. The molecule has 1 N–H and O–H groups in total. The first-order chi connectivity index (χ1) is 9.22. The molecule has 3 nitrogen and oxygen atoms in total. The van der Waals surface area contributed by atoms with E-state index >= 15 is 0 Å². The summed E-state index contributed by atoms with van der Waals surface area (Å²) in [7, 11) is 0. The summed E-state index contributed by atoms with van der Waals surface area (Å²) in [6.07, 6.45) is 0. The summed E-state index contributed by atoms with van der Waals surface area (Å²) in [6, 6.07) is 15.2. The Morgan fingerprint density at radius 3 is 2.47 bits per heavy atom. The average molecular weight is 251 g/mol. The molecule has 92 valence electrons. The van der Waals surface area contributed by atoms with E-state index in [1.54, 1.807) is 24.3 Å². The van der Waals surface area contributed by atoms with Crippen molar-refractivity contribution in [3.63, 3.8) is 0 Å². The maximum atomic E-state index is 13.6. The lowest BCUT2D eigenvalue weighted by molar-refractivity contribution is 0.612. The molecule has 0 radical (unpaired) electrons. The maximum absolute atomic E-state index is 13.6. The minimum Gasteiger partial charge on any atom is -0.381 e. The van der Waals surface area contributed by atoms with Gasteiger partial charge < -0.3 is 5.32 Å². The van der Waals surface area contributed by atoms with Crippen LogP contribution >= 0.6 is 0 Å². The number of nitrogens with zero attached hydrogens (tertiary/aromatic N) is 2. The van der Waals surface area contributed by atoms with Crippen molar-refractivity contribution >= 4 is 5.69 Å². The molecule has 0 atom stereocenters. The van der Waals surface area contributed by atoms with Gasteiger partial charge in [-0.25, -0.2) is 4.39 Å². The van der Waals surface area contributed by atoms with Gasteiger partial charge in [0.2, 0.25) is 0 Å². The topological polar surface area (TPSA) is 59.6 Å². The van der Waals surface area contributed by atoms with Gasteiger partial charge in [0.25, 0.3) is 0 Å². The van der Waals surface area contributed by atoms with Gasteiger partial charge in [0, 0.05) is 17.8 Å². The predicted molar refractivity (Wildman–Crippen MR) is 69.6 cm³/mol. The molecule has 0 amide bonds. The summed E-state index contributed by atoms with van der Waals surface area (Å²) in [4.78, 5) is 0. The van der Waals surface area contributed by atoms with Crippen LogP contribution in [0.2, 0.25) is 0 Å². The summed E-state index contributed by atoms with van der Waals surface area (Å²) in [5, 5.41) is 20.6. The molecule has 0 heterocycles. The van der Waals surface area contributed by atoms with Crippen LogP contribution in [0.25, 0.3) is 0 Å². The fraction of sp³-hybridized carbons (Fsp3) is 0.0667. The Balaban J connectivity index is 2.14. The van der Waals surface area contributed by atoms with Crippen molar-refractivity contribution in [3.05, 3.63) is 65.0 Å². The van der Waals surface area contributed by atoms with Gasteiger partial charge in [-0.2, -0.15) is 10.5 Å². The van der Waals surface area contributed by atoms with E-state index in [2.05, 4.69) is 5.32 Å². The number of hydrogen-bond donors (Lipinski definition) is 1. The number of hydrogen-bond acceptors (Lipinski definition) is 3. The molecule has 2 aromatic carbocycles. The third kappa shape index (κ3) is 3.08. The first-order valence-corrected chi connectivity index (χ1v) is 5.65. The van der Waals surface area contributed by atoms with Gasteiger partial charge in [-0.15, -0.1) is 0 Å². The second-order valence-corrected chi connectivity index (χ2v) is 3.96. The average Bonchev–Trinajstić information content (AvgIpc) is 2.46. The zero-order chi connectivity index (χ0) is 13.7. The highest BCUT2D eigenvalue weighted by molar-refractivity contribution is 5.49. The van der Waals surface area contributed by atoms with E-state index in [1.807, 2.05) is 12.1 Å². The third-order valence-electron chi connectivity index (χ3n) is 2.65. The third-order valence-corrected chi connectivity index (χ3v) is 2.65. The molecule has 0 saturated carbocycles. The fourth-order valence-corrected chi connectivity index (χ4v) is 1.68. The largest absolute Gasteiger partial charge is 0.381 e. The van der Waals surface area contributed by atoms with Crippen molar-refractivity contribution in [2.75, 3.05) is 5.32 Å². The lowest BCUT2D eigenvalue weighted by Crippen LogP contribution is -2.02. The van der Waals surface area contributed by atoms with Gasteiger partial charge in [-0.05, 0) is 36.4 Å². The molecule has 0 saturated heterocycles. The van der Waals surface area contributed by atoms with Crippen LogP contribution in [0.15, 0.2) is 42.5 Å². The van der Waals surface area contributed by atoms with Crippen molar-refractivity contribution in [1.29, 1.82) is 10.5 Å². The van der Waals surface area contributed by atoms with Crippen LogP contribution in [-0.4, -0.2) is 0 Å². The molecule has 0 unspecified atom stereocenters. The van der Waals surface area contributed by atoms with Crippen LogP contribution in [0, 0.1) is 28.5 Å². The minimum atomic E-state index is -0.358. The molecular formula is C15H10FN3. The molecule has 0 aliphatic heterocycles. The Bertz CT molecular complexity index is 681. The first-order valence-electron chi connectivity index (χ1n) is 5.65. The standard InChI is InChI=1S/C15H10FN3/c16-15-5-4-12(9-18)6-13(15)10-19-14-3-1-2-11(7-14)8-17/h1-7,19H,10H2. The Hall–Kier alpha value is -2.85. The van der Waals surface area contributed by atoms with Crippen molar-refractivity contribution in [2.45, 2.75) is 6.54 Å². The molecule has 19 heavy (non-hydrogen) atoms. The van der Waals surface area contributed by atoms with Crippen LogP contribution in [-0.2, 0) is 6.54 Å². The van der Waals surface area contributed by atoms with Gasteiger partial charge >= 0.3 is 0 Å². The zero-order valence-corrected chi connectivity index (χ0v) is 10.0. The van der Waals surface area contributed by atoms with E-state index in [-0.39, 0.29) is 12.4 Å². The van der Waals surface area contributed by atoms with Crippen LogP contribution in [0.1, 0.15) is 16.7 Å². The van der Waals surface area contributed by atoms with Crippen LogP contribution in [0.5, 0.6) is 0 Å². The summed E-state index contributed by atoms with van der Waals surface area (Å²) in [5.74, 6) is -0.358. The Morgan fingerprint density at radius 1 is 1.00 bits per heavy atom. The van der Waals surface area contributed by atoms with Crippen molar-refractivity contribution in [3.8, 4) is 12.1 Å². The van der Waals surface area contributed by atoms with E-state index in [0.717, 1.165) is 5.69 Å². The highest BCUT2D eigenvalue weighted by Crippen LogP contribution is 2.14. The second-order valence-electron chi connectivity index (χ2n) is 3.96.